The van der Waals surface area contributed by atoms with Crippen LogP contribution in [0.5, 0.6) is 0 Å². The number of aldehydes is 1. The van der Waals surface area contributed by atoms with Gasteiger partial charge in [-0.1, -0.05) is 0 Å². The van der Waals surface area contributed by atoms with Gasteiger partial charge in [0.1, 0.15) is 11.3 Å². The molecule has 3 heterocycles. The van der Waals surface area contributed by atoms with E-state index < -0.39 is 0 Å². The van der Waals surface area contributed by atoms with Crippen LogP contribution in [-0.2, 0) is 6.54 Å². The zero-order valence-electron chi connectivity index (χ0n) is 9.31. The van der Waals surface area contributed by atoms with Crippen LogP contribution in [-0.4, -0.2) is 20.5 Å². The second-order valence-corrected chi connectivity index (χ2v) is 3.81. The Hall–Kier alpha value is -2.63. The normalized spacial score (nSPS) is 10.9. The predicted octanol–water partition coefficient (Wildman–Crippen LogP) is 0.950. The van der Waals surface area contributed by atoms with Crippen LogP contribution < -0.4 is 5.56 Å². The molecule has 0 N–H and O–H groups in total. The summed E-state index contributed by atoms with van der Waals surface area (Å²) in [5.41, 5.74) is 0.346. The first-order valence-corrected chi connectivity index (χ1v) is 5.34. The number of nitrogens with zero attached hydrogens (tertiary/aromatic N) is 3. The molecule has 3 rings (SSSR count). The van der Waals surface area contributed by atoms with Gasteiger partial charge in [0.05, 0.1) is 12.7 Å². The molecule has 0 fully saturated rings. The van der Waals surface area contributed by atoms with Gasteiger partial charge in [0.2, 0.25) is 0 Å². The van der Waals surface area contributed by atoms with E-state index in [1.165, 1.54) is 9.08 Å². The van der Waals surface area contributed by atoms with Crippen LogP contribution in [0.25, 0.3) is 5.52 Å². The minimum Gasteiger partial charge on any atom is -0.456 e. The van der Waals surface area contributed by atoms with Gasteiger partial charge >= 0.3 is 0 Å². The molecule has 0 unspecified atom stereocenters. The average molecular weight is 243 g/mol. The summed E-state index contributed by atoms with van der Waals surface area (Å²) in [5.74, 6) is 0.812. The molecule has 0 spiro atoms. The third-order valence-corrected chi connectivity index (χ3v) is 2.66. The Balaban J connectivity index is 2.01. The molecule has 0 bridgehead atoms. The van der Waals surface area contributed by atoms with Crippen molar-refractivity contribution in [2.75, 3.05) is 0 Å². The quantitative estimate of drug-likeness (QED) is 0.642. The van der Waals surface area contributed by atoms with Gasteiger partial charge in [0.15, 0.2) is 12.0 Å². The smallest absolute Gasteiger partial charge is 0.276 e. The van der Waals surface area contributed by atoms with Gasteiger partial charge in [-0.15, -0.1) is 0 Å². The number of furan rings is 1. The van der Waals surface area contributed by atoms with Crippen LogP contribution in [0.4, 0.5) is 0 Å². The first kappa shape index (κ1) is 10.5. The summed E-state index contributed by atoms with van der Waals surface area (Å²) in [6, 6.07) is 4.90. The number of rotatable bonds is 3. The summed E-state index contributed by atoms with van der Waals surface area (Å²) in [5, 5.41) is 3.98. The summed E-state index contributed by atoms with van der Waals surface area (Å²) in [4.78, 5) is 22.6. The van der Waals surface area contributed by atoms with Gasteiger partial charge < -0.3 is 8.98 Å². The third kappa shape index (κ3) is 1.64. The van der Waals surface area contributed by atoms with Crippen molar-refractivity contribution in [3.05, 3.63) is 58.7 Å². The Kier molecular flexibility index (Phi) is 2.33. The fraction of sp³-hybridized carbons (Fsp3) is 0.0833. The molecule has 0 amide bonds. The van der Waals surface area contributed by atoms with Crippen molar-refractivity contribution in [3.8, 4) is 0 Å². The summed E-state index contributed by atoms with van der Waals surface area (Å²) in [6.07, 6.45) is 5.52. The van der Waals surface area contributed by atoms with Gasteiger partial charge in [-0.2, -0.15) is 5.10 Å². The Bertz CT molecular complexity index is 766. The molecular formula is C12H9N3O3. The molecule has 90 valence electrons. The Morgan fingerprint density at radius 2 is 2.17 bits per heavy atom. The average Bonchev–Trinajstić information content (AvgIpc) is 3.01. The molecule has 18 heavy (non-hydrogen) atoms. The van der Waals surface area contributed by atoms with Crippen LogP contribution in [0, 0.1) is 0 Å². The summed E-state index contributed by atoms with van der Waals surface area (Å²) < 4.78 is 8.25. The number of fused-ring (bicyclic) bond motifs is 1. The first-order valence-electron chi connectivity index (χ1n) is 5.34. The lowest BCUT2D eigenvalue weighted by Crippen LogP contribution is -2.21. The Morgan fingerprint density at radius 1 is 1.28 bits per heavy atom. The number of aromatic nitrogens is 3. The lowest BCUT2D eigenvalue weighted by Gasteiger charge is -2.03. The van der Waals surface area contributed by atoms with Crippen LogP contribution in [0.15, 0.2) is 46.0 Å². The maximum Gasteiger partial charge on any atom is 0.276 e. The van der Waals surface area contributed by atoms with Gasteiger partial charge in [-0.05, 0) is 18.2 Å². The van der Waals surface area contributed by atoms with Crippen molar-refractivity contribution in [3.63, 3.8) is 0 Å². The second kappa shape index (κ2) is 3.99. The lowest BCUT2D eigenvalue weighted by atomic mass is 10.4. The largest absolute Gasteiger partial charge is 0.456 e. The van der Waals surface area contributed by atoms with E-state index in [9.17, 15) is 9.59 Å². The molecule has 6 heteroatoms. The Labute approximate surface area is 101 Å². The topological polar surface area (TPSA) is 69.5 Å². The van der Waals surface area contributed by atoms with Crippen molar-refractivity contribution >= 4 is 11.8 Å². The highest BCUT2D eigenvalue weighted by molar-refractivity contribution is 5.70. The fourth-order valence-corrected chi connectivity index (χ4v) is 1.80. The summed E-state index contributed by atoms with van der Waals surface area (Å²) in [6.45, 7) is 0.286. The van der Waals surface area contributed by atoms with Crippen molar-refractivity contribution in [1.29, 1.82) is 0 Å². The summed E-state index contributed by atoms with van der Waals surface area (Å²) in [7, 11) is 0. The molecule has 0 aromatic carbocycles. The highest BCUT2D eigenvalue weighted by atomic mass is 16.3. The third-order valence-electron chi connectivity index (χ3n) is 2.66. The molecule has 0 radical (unpaired) electrons. The highest BCUT2D eigenvalue weighted by Gasteiger charge is 2.06. The van der Waals surface area contributed by atoms with Crippen LogP contribution in [0.1, 0.15) is 16.3 Å². The molecule has 3 aromatic heterocycles. The van der Waals surface area contributed by atoms with Crippen LogP contribution >= 0.6 is 0 Å². The molecular weight excluding hydrogens is 234 g/mol. The number of carbonyl (C=O) groups excluding carboxylic acids is 1. The molecule has 0 aliphatic rings. The monoisotopic (exact) mass is 243 g/mol. The highest BCUT2D eigenvalue weighted by Crippen LogP contribution is 2.07. The molecule has 0 atom stereocenters. The van der Waals surface area contributed by atoms with Crippen molar-refractivity contribution in [2.24, 2.45) is 0 Å². The summed E-state index contributed by atoms with van der Waals surface area (Å²) >= 11 is 0. The Morgan fingerprint density at radius 3 is 2.94 bits per heavy atom. The van der Waals surface area contributed by atoms with E-state index >= 15 is 0 Å². The van der Waals surface area contributed by atoms with Crippen LogP contribution in [0.2, 0.25) is 0 Å². The standard InChI is InChI=1S/C12H9N3O3/c16-8-10-2-1-9(18-10)7-14-5-6-15-11(12(14)17)3-4-13-15/h1-6,8H,7H2. The second-order valence-electron chi connectivity index (χ2n) is 3.81. The number of hydrogen-bond donors (Lipinski definition) is 0. The molecule has 0 saturated carbocycles. The molecule has 3 aromatic rings. The van der Waals surface area contributed by atoms with Crippen molar-refractivity contribution in [1.82, 2.24) is 14.2 Å². The fourth-order valence-electron chi connectivity index (χ4n) is 1.80. The van der Waals surface area contributed by atoms with Gasteiger partial charge in [0.25, 0.3) is 5.56 Å². The zero-order chi connectivity index (χ0) is 12.5. The lowest BCUT2D eigenvalue weighted by molar-refractivity contribution is 0.109. The number of hydrogen-bond acceptors (Lipinski definition) is 4. The SMILES string of the molecule is O=Cc1ccc(Cn2ccn3nccc3c2=O)o1. The molecule has 0 aliphatic carbocycles. The molecule has 0 saturated heterocycles. The van der Waals surface area contributed by atoms with E-state index in [1.807, 2.05) is 0 Å². The van der Waals surface area contributed by atoms with E-state index in [4.69, 9.17) is 4.42 Å². The first-order chi connectivity index (χ1) is 8.78. The minimum atomic E-state index is -0.154. The van der Waals surface area contributed by atoms with Crippen LogP contribution in [0.3, 0.4) is 0 Å². The molecule has 6 nitrogen and oxygen atoms in total. The van der Waals surface area contributed by atoms with E-state index in [0.29, 0.717) is 17.6 Å². The van der Waals surface area contributed by atoms with Gasteiger partial charge in [-0.25, -0.2) is 4.52 Å². The van der Waals surface area contributed by atoms with E-state index in [2.05, 4.69) is 5.10 Å². The zero-order valence-corrected chi connectivity index (χ0v) is 9.31. The van der Waals surface area contributed by atoms with Gasteiger partial charge in [-0.3, -0.25) is 9.59 Å². The minimum absolute atomic E-state index is 0.154. The van der Waals surface area contributed by atoms with E-state index in [0.717, 1.165) is 0 Å². The maximum atomic E-state index is 12.1. The van der Waals surface area contributed by atoms with E-state index in [-0.39, 0.29) is 17.9 Å². The van der Waals surface area contributed by atoms with Crippen molar-refractivity contribution < 1.29 is 9.21 Å². The predicted molar refractivity (Wildman–Crippen MR) is 62.6 cm³/mol. The van der Waals surface area contributed by atoms with Crippen molar-refractivity contribution in [2.45, 2.75) is 6.54 Å². The van der Waals surface area contributed by atoms with Gasteiger partial charge in [0, 0.05) is 12.4 Å². The molecule has 0 aliphatic heterocycles. The van der Waals surface area contributed by atoms with E-state index in [1.54, 1.807) is 36.8 Å². The maximum absolute atomic E-state index is 12.1. The number of carbonyl (C=O) groups is 1.